The number of hydrogen-bond acceptors (Lipinski definition) is 8. The molecule has 0 radical (unpaired) electrons. The highest BCUT2D eigenvalue weighted by molar-refractivity contribution is 8.00. The number of esters is 1. The van der Waals surface area contributed by atoms with Gasteiger partial charge >= 0.3 is 5.97 Å². The van der Waals surface area contributed by atoms with Crippen molar-refractivity contribution in [1.29, 1.82) is 0 Å². The fourth-order valence-corrected chi connectivity index (χ4v) is 6.89. The van der Waals surface area contributed by atoms with Crippen LogP contribution in [0, 0.1) is 0 Å². The second-order valence-electron chi connectivity index (χ2n) is 9.34. The number of anilines is 4. The molecule has 2 aliphatic rings. The van der Waals surface area contributed by atoms with Crippen molar-refractivity contribution in [2.24, 2.45) is 0 Å². The molecule has 8 nitrogen and oxygen atoms in total. The van der Waals surface area contributed by atoms with Gasteiger partial charge in [0.15, 0.2) is 6.61 Å². The summed E-state index contributed by atoms with van der Waals surface area (Å²) in [5, 5.41) is -0.566. The van der Waals surface area contributed by atoms with Crippen molar-refractivity contribution < 1.29 is 23.9 Å². The lowest BCUT2D eigenvalue weighted by molar-refractivity contribution is -0.122. The Bertz CT molecular complexity index is 1650. The van der Waals surface area contributed by atoms with Crippen molar-refractivity contribution in [2.45, 2.75) is 26.4 Å². The third kappa shape index (κ3) is 5.31. The highest BCUT2D eigenvalue weighted by Crippen LogP contribution is 2.47. The van der Waals surface area contributed by atoms with Crippen molar-refractivity contribution in [2.75, 3.05) is 22.1 Å². The number of para-hydroxylation sites is 2. The first-order valence-corrected chi connectivity index (χ1v) is 14.4. The number of carbonyl (C=O) groups is 4. The van der Waals surface area contributed by atoms with E-state index in [4.69, 9.17) is 10.5 Å². The number of ether oxygens (including phenoxy) is 1. The van der Waals surface area contributed by atoms with Gasteiger partial charge in [0.25, 0.3) is 5.91 Å². The predicted octanol–water partition coefficient (Wildman–Crippen LogP) is 5.68. The molecule has 4 aromatic rings. The van der Waals surface area contributed by atoms with Gasteiger partial charge in [-0.3, -0.25) is 19.3 Å². The van der Waals surface area contributed by atoms with Crippen LogP contribution in [0.5, 0.6) is 0 Å². The zero-order chi connectivity index (χ0) is 28.5. The fourth-order valence-electron chi connectivity index (χ4n) is 4.71. The van der Waals surface area contributed by atoms with Gasteiger partial charge in [0, 0.05) is 26.8 Å². The summed E-state index contributed by atoms with van der Waals surface area (Å²) in [6.45, 7) is -0.458. The Kier molecular flexibility index (Phi) is 7.25. The number of imide groups is 1. The monoisotopic (exact) mass is 581 g/mol. The molecule has 2 N–H and O–H groups in total. The Morgan fingerprint density at radius 2 is 1.54 bits per heavy atom. The normalized spacial score (nSPS) is 15.9. The summed E-state index contributed by atoms with van der Waals surface area (Å²) in [7, 11) is 0. The summed E-state index contributed by atoms with van der Waals surface area (Å²) < 4.78 is 5.38. The molecule has 1 unspecified atom stereocenters. The number of benzene rings is 4. The van der Waals surface area contributed by atoms with E-state index in [1.54, 1.807) is 34.9 Å². The highest BCUT2D eigenvalue weighted by Gasteiger charge is 2.40. The maximum atomic E-state index is 13.3. The van der Waals surface area contributed by atoms with Crippen molar-refractivity contribution in [3.63, 3.8) is 0 Å². The first kappa shape index (κ1) is 26.7. The van der Waals surface area contributed by atoms with E-state index in [0.29, 0.717) is 11.4 Å². The SMILES string of the molecule is Nc1cccc(SC2CC(=O)N(c3ccc(C(=O)OCC(=O)N4c5ccccc5Sc5ccccc54)cc3)C2=O)c1. The van der Waals surface area contributed by atoms with Crippen molar-refractivity contribution in [3.05, 3.63) is 103 Å². The molecule has 1 atom stereocenters. The maximum Gasteiger partial charge on any atom is 0.338 e. The standard InChI is InChI=1S/C31H23N3O5S2/c32-20-6-5-7-22(16-20)40-27-17-28(35)33(30(27)37)21-14-12-19(13-15-21)31(38)39-18-29(36)34-23-8-1-3-10-25(23)41-26-11-4-2-9-24(26)34/h1-16,27H,17-18,32H2. The van der Waals surface area contributed by atoms with Crippen LogP contribution < -0.4 is 15.5 Å². The number of fused-ring (bicyclic) bond motifs is 2. The van der Waals surface area contributed by atoms with Gasteiger partial charge in [-0.05, 0) is 66.7 Å². The van der Waals surface area contributed by atoms with Gasteiger partial charge in [-0.2, -0.15) is 0 Å². The van der Waals surface area contributed by atoms with E-state index >= 15 is 0 Å². The van der Waals surface area contributed by atoms with E-state index in [2.05, 4.69) is 0 Å². The molecule has 3 amide bonds. The average molecular weight is 582 g/mol. The first-order valence-electron chi connectivity index (χ1n) is 12.7. The van der Waals surface area contributed by atoms with Gasteiger partial charge in [-0.25, -0.2) is 9.69 Å². The van der Waals surface area contributed by atoms with Crippen molar-refractivity contribution in [3.8, 4) is 0 Å². The fraction of sp³-hybridized carbons (Fsp3) is 0.0968. The molecule has 1 fully saturated rings. The smallest absolute Gasteiger partial charge is 0.338 e. The van der Waals surface area contributed by atoms with E-state index in [1.165, 1.54) is 36.0 Å². The number of thioether (sulfide) groups is 1. The first-order chi connectivity index (χ1) is 19.9. The van der Waals surface area contributed by atoms with Gasteiger partial charge < -0.3 is 10.5 Å². The molecular weight excluding hydrogens is 558 g/mol. The Balaban J connectivity index is 1.12. The van der Waals surface area contributed by atoms with Gasteiger partial charge in [-0.1, -0.05) is 42.1 Å². The number of nitrogens with two attached hydrogens (primary N) is 1. The van der Waals surface area contributed by atoms with E-state index in [0.717, 1.165) is 31.0 Å². The zero-order valence-electron chi connectivity index (χ0n) is 21.6. The molecule has 0 spiro atoms. The Hall–Kier alpha value is -4.54. The molecule has 0 bridgehead atoms. The van der Waals surface area contributed by atoms with Crippen molar-refractivity contribution >= 4 is 70.0 Å². The molecule has 6 rings (SSSR count). The van der Waals surface area contributed by atoms with Crippen LogP contribution in [-0.4, -0.2) is 35.5 Å². The predicted molar refractivity (Wildman–Crippen MR) is 158 cm³/mol. The Labute approximate surface area is 244 Å². The molecule has 4 aromatic carbocycles. The van der Waals surface area contributed by atoms with Gasteiger partial charge in [0.2, 0.25) is 11.8 Å². The summed E-state index contributed by atoms with van der Waals surface area (Å²) in [6, 6.07) is 28.3. The average Bonchev–Trinajstić information content (AvgIpc) is 3.26. The number of nitrogen functional groups attached to an aromatic ring is 1. The van der Waals surface area contributed by atoms with Gasteiger partial charge in [-0.15, -0.1) is 11.8 Å². The molecule has 204 valence electrons. The van der Waals surface area contributed by atoms with Crippen molar-refractivity contribution in [1.82, 2.24) is 0 Å². The molecule has 41 heavy (non-hydrogen) atoms. The number of hydrogen-bond donors (Lipinski definition) is 1. The summed E-state index contributed by atoms with van der Waals surface area (Å²) in [4.78, 5) is 57.2. The molecule has 1 saturated heterocycles. The number of rotatable bonds is 6. The third-order valence-electron chi connectivity index (χ3n) is 6.61. The number of nitrogens with zero attached hydrogens (tertiary/aromatic N) is 2. The van der Waals surface area contributed by atoms with Crippen LogP contribution in [0.15, 0.2) is 112 Å². The van der Waals surface area contributed by atoms with Gasteiger partial charge in [0.1, 0.15) is 0 Å². The number of amides is 3. The van der Waals surface area contributed by atoms with Crippen LogP contribution in [-0.2, 0) is 19.1 Å². The summed E-state index contributed by atoms with van der Waals surface area (Å²) >= 11 is 2.87. The van der Waals surface area contributed by atoms with Crippen LogP contribution in [0.3, 0.4) is 0 Å². The van der Waals surface area contributed by atoms with E-state index in [-0.39, 0.29) is 29.7 Å². The Morgan fingerprint density at radius 3 is 2.20 bits per heavy atom. The zero-order valence-corrected chi connectivity index (χ0v) is 23.2. The topological polar surface area (TPSA) is 110 Å². The molecule has 0 aliphatic carbocycles. The molecular formula is C31H23N3O5S2. The third-order valence-corrected chi connectivity index (χ3v) is 8.92. The molecule has 0 saturated carbocycles. The lowest BCUT2D eigenvalue weighted by Gasteiger charge is -2.30. The second-order valence-corrected chi connectivity index (χ2v) is 11.7. The van der Waals surface area contributed by atoms with Crippen LogP contribution in [0.4, 0.5) is 22.7 Å². The lowest BCUT2D eigenvalue weighted by Crippen LogP contribution is -2.32. The molecule has 0 aromatic heterocycles. The van der Waals surface area contributed by atoms with Crippen LogP contribution in [0.1, 0.15) is 16.8 Å². The Morgan fingerprint density at radius 1 is 0.878 bits per heavy atom. The largest absolute Gasteiger partial charge is 0.452 e. The van der Waals surface area contributed by atoms with Gasteiger partial charge in [0.05, 0.1) is 27.9 Å². The molecule has 2 heterocycles. The minimum atomic E-state index is -0.688. The quantitative estimate of drug-likeness (QED) is 0.176. The summed E-state index contributed by atoms with van der Waals surface area (Å²) in [5.74, 6) is -1.72. The highest BCUT2D eigenvalue weighted by atomic mass is 32.2. The second kappa shape index (κ2) is 11.1. The van der Waals surface area contributed by atoms with E-state index in [1.807, 2.05) is 54.6 Å². The summed E-state index contributed by atoms with van der Waals surface area (Å²) in [5.41, 5.74) is 8.43. The van der Waals surface area contributed by atoms with Crippen LogP contribution in [0.2, 0.25) is 0 Å². The lowest BCUT2D eigenvalue weighted by atomic mass is 10.2. The van der Waals surface area contributed by atoms with E-state index in [9.17, 15) is 19.2 Å². The van der Waals surface area contributed by atoms with E-state index < -0.39 is 17.8 Å². The number of carbonyl (C=O) groups excluding carboxylic acids is 4. The summed E-state index contributed by atoms with van der Waals surface area (Å²) in [6.07, 6.45) is 0.0610. The van der Waals surface area contributed by atoms with Crippen LogP contribution in [0.25, 0.3) is 0 Å². The molecule has 2 aliphatic heterocycles. The minimum absolute atomic E-state index is 0.0610. The molecule has 10 heteroatoms. The maximum absolute atomic E-state index is 13.3. The van der Waals surface area contributed by atoms with Crippen LogP contribution >= 0.6 is 23.5 Å². The minimum Gasteiger partial charge on any atom is -0.452 e.